The lowest BCUT2D eigenvalue weighted by Gasteiger charge is -2.30. The van der Waals surface area contributed by atoms with Gasteiger partial charge in [-0.05, 0) is 150 Å². The Morgan fingerprint density at radius 1 is 0.967 bits per heavy atom. The standard InChI is InChI=1S/C52H57NO7/c1-32-11-19-45-40-25-38-15-14-37(50-47(57)29-46(32)52(45)51(38)50)21-22-59-44(28-43(56)17-12-35-13-20-48(58-3)49(24-35)60-31-40)27-39-26-42(55)18-16-36(39)9-5-4-7-34-8-6-10-41(23-34)53-30-33(2)54/h6,8,10-11,13,16,18-20,23-26,29,32-33,36-37,39,44,53-55,57H,4-5,7,9,12,14-15,17,27-28,30-31H2,1-3H3/t32-,33-,36+,37-,39-,44-/m0/s1. The number of aryl methyl sites for hydroxylation is 3. The summed E-state index contributed by atoms with van der Waals surface area (Å²) in [5, 5.41) is 37.5. The minimum atomic E-state index is -0.487. The largest absolute Gasteiger partial charge is 0.508 e. The van der Waals surface area contributed by atoms with Crippen LogP contribution in [-0.2, 0) is 35.4 Å². The normalized spacial score (nSPS) is 22.5. The summed E-state index contributed by atoms with van der Waals surface area (Å²) >= 11 is 0. The lowest BCUT2D eigenvalue weighted by molar-refractivity contribution is -0.121. The summed E-state index contributed by atoms with van der Waals surface area (Å²) in [6.07, 6.45) is 19.4. The summed E-state index contributed by atoms with van der Waals surface area (Å²) in [6.45, 7) is 4.79. The van der Waals surface area contributed by atoms with E-state index in [1.54, 1.807) is 20.1 Å². The first-order valence-electron chi connectivity index (χ1n) is 21.7. The number of ether oxygens (including phenoxy) is 3. The number of benzene rings is 4. The van der Waals surface area contributed by atoms with E-state index in [0.29, 0.717) is 43.9 Å². The fraction of sp³-hybridized carbons (Fsp3) is 0.404. The van der Waals surface area contributed by atoms with E-state index in [1.807, 2.05) is 42.5 Å². The highest BCUT2D eigenvalue weighted by Crippen LogP contribution is 2.49. The Labute approximate surface area is 354 Å². The number of ketones is 1. The number of phenolic OH excluding ortho intramolecular Hbond substituents is 1. The van der Waals surface area contributed by atoms with Gasteiger partial charge in [-0.1, -0.05) is 61.8 Å². The zero-order chi connectivity index (χ0) is 41.8. The molecule has 4 aromatic rings. The van der Waals surface area contributed by atoms with Crippen LogP contribution in [-0.4, -0.2) is 47.0 Å². The van der Waals surface area contributed by atoms with Gasteiger partial charge in [0.2, 0.25) is 0 Å². The number of aliphatic hydroxyl groups is 2. The van der Waals surface area contributed by atoms with Gasteiger partial charge in [-0.25, -0.2) is 0 Å². The third-order valence-electron chi connectivity index (χ3n) is 12.7. The van der Waals surface area contributed by atoms with Crippen molar-refractivity contribution in [1.82, 2.24) is 0 Å². The van der Waals surface area contributed by atoms with Crippen LogP contribution in [0.3, 0.4) is 0 Å². The molecule has 0 radical (unpaired) electrons. The van der Waals surface area contributed by atoms with Gasteiger partial charge in [0.15, 0.2) is 11.5 Å². The molecule has 0 saturated heterocycles. The van der Waals surface area contributed by atoms with Crippen LogP contribution in [0.15, 0.2) is 84.7 Å². The molecule has 0 unspecified atom stereocenters. The van der Waals surface area contributed by atoms with Gasteiger partial charge in [0.25, 0.3) is 0 Å². The summed E-state index contributed by atoms with van der Waals surface area (Å²) in [5.41, 5.74) is 8.56. The van der Waals surface area contributed by atoms with Gasteiger partial charge in [0.05, 0.1) is 19.1 Å². The molecule has 9 rings (SSSR count). The van der Waals surface area contributed by atoms with E-state index in [9.17, 15) is 20.1 Å². The molecule has 2 aliphatic heterocycles. The lowest BCUT2D eigenvalue weighted by atomic mass is 9.74. The van der Waals surface area contributed by atoms with Gasteiger partial charge in [-0.3, -0.25) is 4.79 Å². The monoisotopic (exact) mass is 807 g/mol. The van der Waals surface area contributed by atoms with Crippen molar-refractivity contribution in [3.63, 3.8) is 0 Å². The molecule has 3 aliphatic carbocycles. The number of aliphatic hydroxyl groups excluding tert-OH is 2. The predicted molar refractivity (Wildman–Crippen MR) is 238 cm³/mol. The van der Waals surface area contributed by atoms with Crippen LogP contribution in [0.2, 0.25) is 0 Å². The first-order chi connectivity index (χ1) is 29.1. The number of nitrogens with one attached hydrogen (secondary N) is 1. The minimum Gasteiger partial charge on any atom is -0.508 e. The third-order valence-corrected chi connectivity index (χ3v) is 12.7. The first-order valence-corrected chi connectivity index (χ1v) is 21.7. The number of methoxy groups -OCH3 is 1. The molecule has 4 N–H and O–H groups in total. The molecule has 312 valence electrons. The quantitative estimate of drug-likeness (QED) is 0.0874. The van der Waals surface area contributed by atoms with Crippen LogP contribution in [0, 0.1) is 23.9 Å². The van der Waals surface area contributed by atoms with Crippen LogP contribution < -0.4 is 14.8 Å². The highest BCUT2D eigenvalue weighted by atomic mass is 16.5. The molecule has 8 heteroatoms. The van der Waals surface area contributed by atoms with E-state index in [-0.39, 0.29) is 47.4 Å². The Morgan fingerprint density at radius 2 is 1.85 bits per heavy atom. The van der Waals surface area contributed by atoms with E-state index in [0.717, 1.165) is 82.8 Å². The molecule has 0 amide bonds. The highest BCUT2D eigenvalue weighted by molar-refractivity contribution is 6.03. The maximum Gasteiger partial charge on any atom is 0.161 e. The van der Waals surface area contributed by atoms with Gasteiger partial charge < -0.3 is 34.8 Å². The van der Waals surface area contributed by atoms with Crippen molar-refractivity contribution in [2.24, 2.45) is 11.8 Å². The Bertz CT molecular complexity index is 2400. The number of carbonyl (C=O) groups is 1. The van der Waals surface area contributed by atoms with Gasteiger partial charge in [0.1, 0.15) is 36.1 Å². The number of Topliss-reactive ketones (excluding diaryl/α,β-unsaturated/α-hetero) is 1. The second kappa shape index (κ2) is 18.3. The molecule has 5 aliphatic rings. The Balaban J connectivity index is 1.06. The number of aromatic hydroxyl groups is 1. The average Bonchev–Trinajstić information content (AvgIpc) is 3.24. The van der Waals surface area contributed by atoms with Crippen molar-refractivity contribution < 1.29 is 34.3 Å². The minimum absolute atomic E-state index is 0.0310. The number of fused-ring (bicyclic) bond motifs is 7. The fourth-order valence-electron chi connectivity index (χ4n) is 9.58. The molecule has 0 fully saturated rings. The van der Waals surface area contributed by atoms with Crippen LogP contribution in [0.5, 0.6) is 17.2 Å². The molecule has 8 bridgehead atoms. The number of rotatable bonds is 11. The Hall–Kier alpha value is -5.65. The molecule has 4 aromatic carbocycles. The number of unbranched alkanes of at least 4 members (excludes halogenated alkanes) is 1. The predicted octanol–water partition coefficient (Wildman–Crippen LogP) is 10.4. The third kappa shape index (κ3) is 9.22. The van der Waals surface area contributed by atoms with Crippen LogP contribution in [0.4, 0.5) is 5.69 Å². The van der Waals surface area contributed by atoms with Gasteiger partial charge in [-0.15, -0.1) is 0 Å². The summed E-state index contributed by atoms with van der Waals surface area (Å²) in [7, 11) is 1.64. The van der Waals surface area contributed by atoms with Crippen molar-refractivity contribution in [3.05, 3.63) is 124 Å². The SMILES string of the molecule is COc1ccc2cc1OCc1cc3c4c(c(O)cc5c4c1C=C[C@@H]5C)[C@H](C#CO[C@@H](C[C@@H]1C=C(O)C=C[C@H]1CCCCc1cccc(NC[C@H](C)O)c1)CC(=O)CC2)CC3. The molecule has 0 aromatic heterocycles. The van der Waals surface area contributed by atoms with Crippen LogP contribution in [0.1, 0.15) is 110 Å². The smallest absolute Gasteiger partial charge is 0.161 e. The summed E-state index contributed by atoms with van der Waals surface area (Å²) in [4.78, 5) is 13.8. The average molecular weight is 808 g/mol. The molecular weight excluding hydrogens is 751 g/mol. The Morgan fingerprint density at radius 3 is 2.70 bits per heavy atom. The number of carbonyl (C=O) groups excluding carboxylic acids is 1. The zero-order valence-corrected chi connectivity index (χ0v) is 35.0. The lowest BCUT2D eigenvalue weighted by Crippen LogP contribution is -2.24. The molecule has 0 spiro atoms. The second-order valence-electron chi connectivity index (χ2n) is 17.2. The molecule has 2 heterocycles. The van der Waals surface area contributed by atoms with Crippen molar-refractivity contribution in [2.75, 3.05) is 19.0 Å². The van der Waals surface area contributed by atoms with Gasteiger partial charge >= 0.3 is 0 Å². The molecular formula is C52H57NO7. The van der Waals surface area contributed by atoms with Crippen molar-refractivity contribution >= 4 is 28.3 Å². The second-order valence-corrected chi connectivity index (χ2v) is 17.2. The van der Waals surface area contributed by atoms with E-state index in [4.69, 9.17) is 14.2 Å². The number of hydrogen-bond acceptors (Lipinski definition) is 8. The Kier molecular flexibility index (Phi) is 12.5. The maximum atomic E-state index is 13.8. The first kappa shape index (κ1) is 41.1. The summed E-state index contributed by atoms with van der Waals surface area (Å²) in [5.74, 6) is 5.29. The van der Waals surface area contributed by atoms with Crippen LogP contribution >= 0.6 is 0 Å². The maximum absolute atomic E-state index is 13.8. The van der Waals surface area contributed by atoms with E-state index in [2.05, 4.69) is 60.7 Å². The number of phenols is 1. The number of anilines is 1. The number of hydrogen-bond donors (Lipinski definition) is 4. The van der Waals surface area contributed by atoms with Crippen molar-refractivity contribution in [1.29, 1.82) is 0 Å². The summed E-state index contributed by atoms with van der Waals surface area (Å²) < 4.78 is 18.7. The van der Waals surface area contributed by atoms with Gasteiger partial charge in [-0.2, -0.15) is 0 Å². The van der Waals surface area contributed by atoms with E-state index >= 15 is 0 Å². The topological polar surface area (TPSA) is 117 Å². The van der Waals surface area contributed by atoms with E-state index in [1.165, 1.54) is 11.1 Å². The van der Waals surface area contributed by atoms with Crippen LogP contribution in [0.25, 0.3) is 16.8 Å². The van der Waals surface area contributed by atoms with Gasteiger partial charge in [0, 0.05) is 36.6 Å². The van der Waals surface area contributed by atoms with Crippen molar-refractivity contribution in [2.45, 2.75) is 109 Å². The number of allylic oxidation sites excluding steroid dienone is 4. The fourth-order valence-corrected chi connectivity index (χ4v) is 9.58. The summed E-state index contributed by atoms with van der Waals surface area (Å²) in [6, 6.07) is 18.4. The van der Waals surface area contributed by atoms with Crippen molar-refractivity contribution in [3.8, 4) is 29.3 Å². The van der Waals surface area contributed by atoms with E-state index < -0.39 is 12.2 Å². The molecule has 60 heavy (non-hydrogen) atoms. The zero-order valence-electron chi connectivity index (χ0n) is 35.0. The molecule has 6 atom stereocenters. The highest BCUT2D eigenvalue weighted by Gasteiger charge is 2.31. The molecule has 8 nitrogen and oxygen atoms in total. The molecule has 0 saturated carbocycles.